The summed E-state index contributed by atoms with van der Waals surface area (Å²) in [7, 11) is 1.91. The number of nitrogens with zero attached hydrogens (tertiary/aromatic N) is 2. The van der Waals surface area contributed by atoms with Crippen molar-refractivity contribution in [2.24, 2.45) is 58.7 Å². The maximum atomic E-state index is 13.9. The third-order valence-corrected chi connectivity index (χ3v) is 15.9. The van der Waals surface area contributed by atoms with E-state index in [-0.39, 0.29) is 53.0 Å². The van der Waals surface area contributed by atoms with Crippen LogP contribution in [0.4, 0.5) is 0 Å². The van der Waals surface area contributed by atoms with E-state index in [9.17, 15) is 19.2 Å². The molecule has 0 aromatic rings. The van der Waals surface area contributed by atoms with Crippen molar-refractivity contribution in [1.29, 1.82) is 0 Å². The van der Waals surface area contributed by atoms with E-state index >= 15 is 0 Å². The minimum Gasteiger partial charge on any atom is -0.340 e. The second-order valence-corrected chi connectivity index (χ2v) is 17.5. The fourth-order valence-electron chi connectivity index (χ4n) is 11.3. The Bertz CT molecular complexity index is 1110. The molecule has 1 aliphatic heterocycles. The van der Waals surface area contributed by atoms with Gasteiger partial charge in [-0.05, 0) is 145 Å². The Morgan fingerprint density at radius 2 is 1.21 bits per heavy atom. The third kappa shape index (κ3) is 7.01. The Hall–Kier alpha value is -1.72. The van der Waals surface area contributed by atoms with Gasteiger partial charge in [-0.1, -0.05) is 47.5 Å². The molecule has 5 rings (SSSR count). The van der Waals surface area contributed by atoms with Crippen LogP contribution in [0, 0.1) is 58.7 Å². The van der Waals surface area contributed by atoms with Gasteiger partial charge in [-0.3, -0.25) is 19.3 Å². The van der Waals surface area contributed by atoms with Crippen molar-refractivity contribution < 1.29 is 19.2 Å². The number of hydrogen-bond donors (Lipinski definition) is 0. The number of carbonyl (C=O) groups excluding carboxylic acids is 4. The number of likely N-dealkylation sites (tertiary alicyclic amines) is 1. The number of fused-ring (bicyclic) bond motifs is 1. The van der Waals surface area contributed by atoms with Crippen LogP contribution in [0.25, 0.3) is 0 Å². The Kier molecular flexibility index (Phi) is 11.7. The predicted molar refractivity (Wildman–Crippen MR) is 188 cm³/mol. The summed E-state index contributed by atoms with van der Waals surface area (Å²) in [5.41, 5.74) is 0.303. The lowest BCUT2D eigenvalue weighted by Crippen LogP contribution is -2.51. The minimum atomic E-state index is -0.259. The van der Waals surface area contributed by atoms with Crippen molar-refractivity contribution in [2.45, 2.75) is 169 Å². The van der Waals surface area contributed by atoms with E-state index in [1.54, 1.807) is 4.90 Å². The van der Waals surface area contributed by atoms with E-state index in [2.05, 4.69) is 41.5 Å². The first-order valence-electron chi connectivity index (χ1n) is 20.0. The first-order chi connectivity index (χ1) is 22.4. The Morgan fingerprint density at radius 3 is 1.77 bits per heavy atom. The molecule has 3 amide bonds. The zero-order chi connectivity index (χ0) is 34.1. The first kappa shape index (κ1) is 36.6. The van der Waals surface area contributed by atoms with Gasteiger partial charge in [0.1, 0.15) is 6.29 Å². The second-order valence-electron chi connectivity index (χ2n) is 17.5. The molecule has 4 saturated carbocycles. The summed E-state index contributed by atoms with van der Waals surface area (Å²) in [5.74, 6) is 2.63. The van der Waals surface area contributed by atoms with Crippen molar-refractivity contribution in [2.75, 3.05) is 7.05 Å². The van der Waals surface area contributed by atoms with Gasteiger partial charge in [-0.25, -0.2) is 0 Å². The third-order valence-electron chi connectivity index (χ3n) is 15.9. The zero-order valence-corrected chi connectivity index (χ0v) is 31.1. The Balaban J connectivity index is 1.14. The molecule has 6 heteroatoms. The monoisotopic (exact) mass is 653 g/mol. The highest BCUT2D eigenvalue weighted by molar-refractivity contribution is 6.05. The van der Waals surface area contributed by atoms with Crippen LogP contribution >= 0.6 is 0 Å². The number of imide groups is 1. The largest absolute Gasteiger partial charge is 0.340 e. The van der Waals surface area contributed by atoms with Gasteiger partial charge in [-0.2, -0.15) is 0 Å². The molecule has 5 fully saturated rings. The summed E-state index contributed by atoms with van der Waals surface area (Å²) in [6.07, 6.45) is 20.0. The van der Waals surface area contributed by atoms with Gasteiger partial charge in [0.15, 0.2) is 0 Å². The molecule has 0 radical (unpaired) electrons. The van der Waals surface area contributed by atoms with Crippen LogP contribution in [0.15, 0.2) is 0 Å². The molecule has 0 bridgehead atoms. The Labute approximate surface area is 286 Å². The molecular weight excluding hydrogens is 584 g/mol. The van der Waals surface area contributed by atoms with E-state index in [1.807, 2.05) is 11.9 Å². The predicted octanol–water partition coefficient (Wildman–Crippen LogP) is 8.85. The quantitative estimate of drug-likeness (QED) is 0.165. The number of carbonyl (C=O) groups is 4. The summed E-state index contributed by atoms with van der Waals surface area (Å²) in [6, 6.07) is 0.0879. The smallest absolute Gasteiger partial charge is 0.233 e. The van der Waals surface area contributed by atoms with Crippen molar-refractivity contribution in [3.63, 3.8) is 0 Å². The summed E-state index contributed by atoms with van der Waals surface area (Å²) in [5, 5.41) is 0. The van der Waals surface area contributed by atoms with E-state index in [4.69, 9.17) is 0 Å². The molecule has 6 nitrogen and oxygen atoms in total. The van der Waals surface area contributed by atoms with Crippen LogP contribution in [0.3, 0.4) is 0 Å². The molecule has 266 valence electrons. The molecule has 1 saturated heterocycles. The lowest BCUT2D eigenvalue weighted by atomic mass is 9.62. The van der Waals surface area contributed by atoms with Gasteiger partial charge in [-0.15, -0.1) is 0 Å². The molecule has 1 heterocycles. The summed E-state index contributed by atoms with van der Waals surface area (Å²) in [4.78, 5) is 57.2. The molecule has 6 unspecified atom stereocenters. The van der Waals surface area contributed by atoms with Gasteiger partial charge in [0.05, 0.1) is 11.8 Å². The van der Waals surface area contributed by atoms with Gasteiger partial charge in [0.25, 0.3) is 0 Å². The van der Waals surface area contributed by atoms with Crippen LogP contribution in [-0.2, 0) is 19.2 Å². The number of hydrogen-bond acceptors (Lipinski definition) is 4. The van der Waals surface area contributed by atoms with E-state index < -0.39 is 0 Å². The summed E-state index contributed by atoms with van der Waals surface area (Å²) >= 11 is 0. The molecule has 0 N–H and O–H groups in total. The van der Waals surface area contributed by atoms with E-state index in [0.717, 1.165) is 101 Å². The summed E-state index contributed by atoms with van der Waals surface area (Å²) < 4.78 is 0. The molecule has 0 aromatic carbocycles. The number of amides is 3. The van der Waals surface area contributed by atoms with Crippen LogP contribution < -0.4 is 0 Å². The minimum absolute atomic E-state index is 0.0879. The van der Waals surface area contributed by atoms with Gasteiger partial charge < -0.3 is 9.69 Å². The number of aldehydes is 1. The average molecular weight is 653 g/mol. The highest BCUT2D eigenvalue weighted by Gasteiger charge is 2.54. The average Bonchev–Trinajstić information content (AvgIpc) is 3.38. The van der Waals surface area contributed by atoms with E-state index in [1.165, 1.54) is 38.5 Å². The number of rotatable bonds is 11. The fraction of sp³-hybridized carbons (Fsp3) is 0.902. The standard InChI is InChI=1S/C41H68N2O4/c1-8-40(5,9-2)32-18-12-27(13-19-32)28-14-20-33(21-15-28)43-38(46)35-23-17-30(25-36(35)39(43)47)29-16-22-34(31(24-29)26-44)37(45)42(7)41(6,10-3)11-4/h26-36H,8-25H2,1-7H3. The molecule has 6 atom stereocenters. The lowest BCUT2D eigenvalue weighted by molar-refractivity contribution is -0.145. The van der Waals surface area contributed by atoms with Crippen molar-refractivity contribution in [1.82, 2.24) is 9.80 Å². The maximum Gasteiger partial charge on any atom is 0.233 e. The van der Waals surface area contributed by atoms with Crippen molar-refractivity contribution in [3.05, 3.63) is 0 Å². The fourth-order valence-corrected chi connectivity index (χ4v) is 11.3. The molecule has 5 aliphatic rings. The van der Waals surface area contributed by atoms with Crippen LogP contribution in [0.5, 0.6) is 0 Å². The highest BCUT2D eigenvalue weighted by Crippen LogP contribution is 2.51. The van der Waals surface area contributed by atoms with Gasteiger partial charge in [0, 0.05) is 30.5 Å². The second kappa shape index (κ2) is 15.0. The van der Waals surface area contributed by atoms with Crippen LogP contribution in [0.1, 0.15) is 157 Å². The normalized spacial score (nSPS) is 37.0. The van der Waals surface area contributed by atoms with Crippen molar-refractivity contribution in [3.8, 4) is 0 Å². The maximum absolute atomic E-state index is 13.9. The van der Waals surface area contributed by atoms with Gasteiger partial charge in [0.2, 0.25) is 17.7 Å². The molecule has 47 heavy (non-hydrogen) atoms. The molecular formula is C41H68N2O4. The van der Waals surface area contributed by atoms with Crippen LogP contribution in [0.2, 0.25) is 0 Å². The first-order valence-corrected chi connectivity index (χ1v) is 20.0. The Morgan fingerprint density at radius 1 is 0.702 bits per heavy atom. The zero-order valence-electron chi connectivity index (χ0n) is 31.1. The molecule has 0 aromatic heterocycles. The van der Waals surface area contributed by atoms with Crippen molar-refractivity contribution >= 4 is 24.0 Å². The molecule has 4 aliphatic carbocycles. The SMILES string of the molecule is CCC(C)(CC)C1CCC(C2CCC(N3C(=O)C4CCC(C5CCC(C(=O)N(C)C(C)(CC)CC)C(C=O)C5)CC4C3=O)CC2)CC1. The van der Waals surface area contributed by atoms with E-state index in [0.29, 0.717) is 17.3 Å². The summed E-state index contributed by atoms with van der Waals surface area (Å²) in [6.45, 7) is 13.6. The van der Waals surface area contributed by atoms with Crippen LogP contribution in [-0.4, -0.2) is 52.4 Å². The topological polar surface area (TPSA) is 74.8 Å². The molecule has 0 spiro atoms. The van der Waals surface area contributed by atoms with Gasteiger partial charge >= 0.3 is 0 Å². The highest BCUT2D eigenvalue weighted by atomic mass is 16.2. The lowest BCUT2D eigenvalue weighted by Gasteiger charge is -2.44.